The highest BCUT2D eigenvalue weighted by atomic mass is 32.2. The van der Waals surface area contributed by atoms with Crippen LogP contribution in [0.25, 0.3) is 0 Å². The average Bonchev–Trinajstić information content (AvgIpc) is 3.13. The lowest BCUT2D eigenvalue weighted by Gasteiger charge is -2.26. The van der Waals surface area contributed by atoms with Crippen LogP contribution in [0.15, 0.2) is 40.6 Å². The van der Waals surface area contributed by atoms with Gasteiger partial charge in [0.2, 0.25) is 10.0 Å². The average molecular weight is 395 g/mol. The van der Waals surface area contributed by atoms with Gasteiger partial charge >= 0.3 is 0 Å². The van der Waals surface area contributed by atoms with E-state index in [-0.39, 0.29) is 9.77 Å². The molecule has 0 atom stereocenters. The molecular weight excluding hydrogens is 372 g/mol. The molecule has 0 bridgehead atoms. The van der Waals surface area contributed by atoms with Crippen molar-refractivity contribution >= 4 is 33.0 Å². The number of thiophene rings is 1. The summed E-state index contributed by atoms with van der Waals surface area (Å²) >= 11 is 1.13. The molecular formula is C18H22N2O4S2. The third kappa shape index (κ3) is 3.98. The SMILES string of the molecule is CC(C)c1cccc(NC(=O)c2sccc2S(=O)(=O)N2CCOCC2)c1. The minimum atomic E-state index is -3.71. The van der Waals surface area contributed by atoms with E-state index >= 15 is 0 Å². The van der Waals surface area contributed by atoms with Gasteiger partial charge in [-0.25, -0.2) is 8.42 Å². The highest BCUT2D eigenvalue weighted by Crippen LogP contribution is 2.27. The van der Waals surface area contributed by atoms with Gasteiger partial charge in [0.05, 0.1) is 13.2 Å². The molecule has 26 heavy (non-hydrogen) atoms. The number of nitrogens with one attached hydrogen (secondary N) is 1. The molecule has 1 amide bonds. The molecule has 0 saturated carbocycles. The second-order valence-corrected chi connectivity index (χ2v) is 9.19. The number of carbonyl (C=O) groups excluding carboxylic acids is 1. The Balaban J connectivity index is 1.83. The number of hydrogen-bond donors (Lipinski definition) is 1. The van der Waals surface area contributed by atoms with Crippen LogP contribution in [0.4, 0.5) is 5.69 Å². The monoisotopic (exact) mass is 394 g/mol. The summed E-state index contributed by atoms with van der Waals surface area (Å²) in [7, 11) is -3.71. The number of anilines is 1. The van der Waals surface area contributed by atoms with Crippen LogP contribution in [0, 0.1) is 0 Å². The standard InChI is InChI=1S/C18H22N2O4S2/c1-13(2)14-4-3-5-15(12-14)19-18(21)17-16(6-11-25-17)26(22,23)20-7-9-24-10-8-20/h3-6,11-13H,7-10H2,1-2H3,(H,19,21). The quantitative estimate of drug-likeness (QED) is 0.845. The van der Waals surface area contributed by atoms with Gasteiger partial charge < -0.3 is 10.1 Å². The molecule has 1 aliphatic rings. The Hall–Kier alpha value is -1.74. The van der Waals surface area contributed by atoms with Crippen molar-refractivity contribution in [3.63, 3.8) is 0 Å². The highest BCUT2D eigenvalue weighted by Gasteiger charge is 2.31. The molecule has 1 N–H and O–H groups in total. The summed E-state index contributed by atoms with van der Waals surface area (Å²) in [5.41, 5.74) is 1.76. The van der Waals surface area contributed by atoms with Gasteiger partial charge in [-0.15, -0.1) is 11.3 Å². The van der Waals surface area contributed by atoms with E-state index in [1.165, 1.54) is 10.4 Å². The number of amides is 1. The predicted octanol–water partition coefficient (Wildman–Crippen LogP) is 3.14. The van der Waals surface area contributed by atoms with Crippen LogP contribution in [0.3, 0.4) is 0 Å². The maximum atomic E-state index is 12.9. The zero-order valence-electron chi connectivity index (χ0n) is 14.8. The van der Waals surface area contributed by atoms with Gasteiger partial charge in [0, 0.05) is 18.8 Å². The highest BCUT2D eigenvalue weighted by molar-refractivity contribution is 7.89. The number of morpholine rings is 1. The van der Waals surface area contributed by atoms with Crippen molar-refractivity contribution < 1.29 is 17.9 Å². The van der Waals surface area contributed by atoms with Crippen LogP contribution in [-0.4, -0.2) is 44.9 Å². The van der Waals surface area contributed by atoms with E-state index in [9.17, 15) is 13.2 Å². The van der Waals surface area contributed by atoms with Crippen molar-refractivity contribution in [1.82, 2.24) is 4.31 Å². The summed E-state index contributed by atoms with van der Waals surface area (Å²) in [6, 6.07) is 9.08. The van der Waals surface area contributed by atoms with E-state index in [4.69, 9.17) is 4.74 Å². The lowest BCUT2D eigenvalue weighted by molar-refractivity contribution is 0.0730. The molecule has 0 aliphatic carbocycles. The molecule has 3 rings (SSSR count). The number of nitrogens with zero attached hydrogens (tertiary/aromatic N) is 1. The van der Waals surface area contributed by atoms with Crippen LogP contribution in [0.1, 0.15) is 35.0 Å². The smallest absolute Gasteiger partial charge is 0.267 e. The number of benzene rings is 1. The fraction of sp³-hybridized carbons (Fsp3) is 0.389. The Morgan fingerprint density at radius 3 is 2.65 bits per heavy atom. The van der Waals surface area contributed by atoms with Crippen LogP contribution in [0.2, 0.25) is 0 Å². The fourth-order valence-corrected chi connectivity index (χ4v) is 5.46. The zero-order chi connectivity index (χ0) is 18.7. The van der Waals surface area contributed by atoms with Gasteiger partial charge in [-0.1, -0.05) is 26.0 Å². The Morgan fingerprint density at radius 2 is 1.96 bits per heavy atom. The normalized spacial score (nSPS) is 16.0. The molecule has 1 saturated heterocycles. The minimum Gasteiger partial charge on any atom is -0.379 e. The van der Waals surface area contributed by atoms with Crippen LogP contribution in [-0.2, 0) is 14.8 Å². The maximum Gasteiger partial charge on any atom is 0.267 e. The molecule has 2 aromatic rings. The summed E-state index contributed by atoms with van der Waals surface area (Å²) in [5, 5.41) is 4.45. The van der Waals surface area contributed by atoms with Crippen molar-refractivity contribution in [3.8, 4) is 0 Å². The Labute approximate surface area is 157 Å². The second-order valence-electron chi connectivity index (χ2n) is 6.36. The van der Waals surface area contributed by atoms with Gasteiger partial charge in [0.25, 0.3) is 5.91 Å². The van der Waals surface area contributed by atoms with Gasteiger partial charge in [0.15, 0.2) is 0 Å². The summed E-state index contributed by atoms with van der Waals surface area (Å²) in [6.07, 6.45) is 0. The van der Waals surface area contributed by atoms with Gasteiger partial charge in [0.1, 0.15) is 9.77 Å². The molecule has 2 heterocycles. The lowest BCUT2D eigenvalue weighted by Crippen LogP contribution is -2.41. The minimum absolute atomic E-state index is 0.0573. The van der Waals surface area contributed by atoms with Crippen molar-refractivity contribution in [2.24, 2.45) is 0 Å². The van der Waals surface area contributed by atoms with Crippen LogP contribution < -0.4 is 5.32 Å². The molecule has 1 aromatic carbocycles. The van der Waals surface area contributed by atoms with E-state index in [0.29, 0.717) is 37.9 Å². The first kappa shape index (κ1) is 19.0. The Kier molecular flexibility index (Phi) is 5.76. The van der Waals surface area contributed by atoms with Gasteiger partial charge in [-0.3, -0.25) is 4.79 Å². The van der Waals surface area contributed by atoms with Gasteiger partial charge in [-0.05, 0) is 35.1 Å². The van der Waals surface area contributed by atoms with Crippen LogP contribution in [0.5, 0.6) is 0 Å². The van der Waals surface area contributed by atoms with E-state index < -0.39 is 15.9 Å². The van der Waals surface area contributed by atoms with E-state index in [2.05, 4.69) is 19.2 Å². The third-order valence-corrected chi connectivity index (χ3v) is 7.22. The summed E-state index contributed by atoms with van der Waals surface area (Å²) in [4.78, 5) is 13.0. The fourth-order valence-electron chi connectivity index (χ4n) is 2.76. The van der Waals surface area contributed by atoms with E-state index in [1.54, 1.807) is 11.4 Å². The largest absolute Gasteiger partial charge is 0.379 e. The molecule has 1 aliphatic heterocycles. The Bertz CT molecular complexity index is 884. The summed E-state index contributed by atoms with van der Waals surface area (Å²) < 4.78 is 32.3. The molecule has 1 fully saturated rings. The van der Waals surface area contributed by atoms with E-state index in [1.807, 2.05) is 18.2 Å². The number of rotatable bonds is 5. The topological polar surface area (TPSA) is 75.7 Å². The molecule has 8 heteroatoms. The zero-order valence-corrected chi connectivity index (χ0v) is 16.4. The Morgan fingerprint density at radius 1 is 1.23 bits per heavy atom. The van der Waals surface area contributed by atoms with Crippen molar-refractivity contribution in [1.29, 1.82) is 0 Å². The first-order valence-electron chi connectivity index (χ1n) is 8.46. The molecule has 0 radical (unpaired) electrons. The number of carbonyl (C=O) groups is 1. The molecule has 1 aromatic heterocycles. The number of sulfonamides is 1. The van der Waals surface area contributed by atoms with Gasteiger partial charge in [-0.2, -0.15) is 4.31 Å². The second kappa shape index (κ2) is 7.87. The maximum absolute atomic E-state index is 12.9. The first-order valence-corrected chi connectivity index (χ1v) is 10.8. The number of hydrogen-bond acceptors (Lipinski definition) is 5. The molecule has 0 spiro atoms. The van der Waals surface area contributed by atoms with Crippen molar-refractivity contribution in [3.05, 3.63) is 46.2 Å². The van der Waals surface area contributed by atoms with Crippen LogP contribution >= 0.6 is 11.3 Å². The molecule has 140 valence electrons. The van der Waals surface area contributed by atoms with Crippen molar-refractivity contribution in [2.45, 2.75) is 24.7 Å². The first-order chi connectivity index (χ1) is 12.4. The molecule has 0 unspecified atom stereocenters. The summed E-state index contributed by atoms with van der Waals surface area (Å²) in [6.45, 7) is 5.49. The molecule has 6 nitrogen and oxygen atoms in total. The van der Waals surface area contributed by atoms with E-state index in [0.717, 1.165) is 16.9 Å². The lowest BCUT2D eigenvalue weighted by atomic mass is 10.0. The predicted molar refractivity (Wildman–Crippen MR) is 102 cm³/mol. The van der Waals surface area contributed by atoms with Crippen molar-refractivity contribution in [2.75, 3.05) is 31.6 Å². The third-order valence-electron chi connectivity index (χ3n) is 4.23. The number of ether oxygens (including phenoxy) is 1. The summed E-state index contributed by atoms with van der Waals surface area (Å²) in [5.74, 6) is -0.0708.